The molecule has 108 valence electrons. The standard InChI is InChI=1S/C14H18N2O4/c1-14(20,7-12(17)18)8-15-13(19)11-6-9-4-2-3-5-10(9)16-11/h2-5,11,16,20H,6-8H2,1H3,(H,15,19)(H,17,18)/t11-,14?/m0/s1. The van der Waals surface area contributed by atoms with Crippen LogP contribution in [0.2, 0.25) is 0 Å². The highest BCUT2D eigenvalue weighted by molar-refractivity contribution is 5.87. The predicted molar refractivity (Wildman–Crippen MR) is 73.4 cm³/mol. The fraction of sp³-hybridized carbons (Fsp3) is 0.429. The lowest BCUT2D eigenvalue weighted by Crippen LogP contribution is -2.46. The number of para-hydroxylation sites is 1. The van der Waals surface area contributed by atoms with Crippen molar-refractivity contribution in [3.8, 4) is 0 Å². The van der Waals surface area contributed by atoms with Gasteiger partial charge in [-0.25, -0.2) is 0 Å². The second-order valence-electron chi connectivity index (χ2n) is 5.34. The first-order chi connectivity index (χ1) is 9.37. The van der Waals surface area contributed by atoms with Gasteiger partial charge in [0.05, 0.1) is 12.0 Å². The minimum Gasteiger partial charge on any atom is -0.481 e. The summed E-state index contributed by atoms with van der Waals surface area (Å²) in [6.07, 6.45) is 0.175. The molecule has 20 heavy (non-hydrogen) atoms. The molecule has 0 aromatic heterocycles. The summed E-state index contributed by atoms with van der Waals surface area (Å²) in [5, 5.41) is 24.2. The van der Waals surface area contributed by atoms with Crippen LogP contribution in [0.4, 0.5) is 5.69 Å². The fourth-order valence-electron chi connectivity index (χ4n) is 2.25. The molecule has 2 atom stereocenters. The second kappa shape index (κ2) is 5.50. The molecule has 0 fully saturated rings. The van der Waals surface area contributed by atoms with Crippen LogP contribution in [0.1, 0.15) is 18.9 Å². The maximum absolute atomic E-state index is 12.0. The van der Waals surface area contributed by atoms with Crippen molar-refractivity contribution < 1.29 is 19.8 Å². The SMILES string of the molecule is CC(O)(CNC(=O)[C@@H]1Cc2ccccc2N1)CC(=O)O. The largest absolute Gasteiger partial charge is 0.481 e. The molecular formula is C14H18N2O4. The Morgan fingerprint density at radius 3 is 2.80 bits per heavy atom. The predicted octanol–water partition coefficient (Wildman–Crippen LogP) is 0.365. The van der Waals surface area contributed by atoms with E-state index in [4.69, 9.17) is 5.11 Å². The lowest BCUT2D eigenvalue weighted by atomic mass is 10.0. The first-order valence-electron chi connectivity index (χ1n) is 6.44. The molecule has 0 bridgehead atoms. The van der Waals surface area contributed by atoms with Crippen molar-refractivity contribution in [2.75, 3.05) is 11.9 Å². The van der Waals surface area contributed by atoms with E-state index in [1.165, 1.54) is 6.92 Å². The maximum atomic E-state index is 12.0. The second-order valence-corrected chi connectivity index (χ2v) is 5.34. The lowest BCUT2D eigenvalue weighted by Gasteiger charge is -2.22. The number of aliphatic carboxylic acids is 1. The highest BCUT2D eigenvalue weighted by Crippen LogP contribution is 2.25. The van der Waals surface area contributed by atoms with E-state index in [1.54, 1.807) is 0 Å². The summed E-state index contributed by atoms with van der Waals surface area (Å²) in [5.74, 6) is -1.34. The van der Waals surface area contributed by atoms with Crippen LogP contribution in [0.5, 0.6) is 0 Å². The molecule has 0 saturated carbocycles. The van der Waals surface area contributed by atoms with Crippen LogP contribution in [0.3, 0.4) is 0 Å². The van der Waals surface area contributed by atoms with Crippen molar-refractivity contribution in [2.45, 2.75) is 31.4 Å². The molecule has 1 unspecified atom stereocenters. The van der Waals surface area contributed by atoms with Gasteiger partial charge in [-0.1, -0.05) is 18.2 Å². The first-order valence-corrected chi connectivity index (χ1v) is 6.44. The number of carboxylic acids is 1. The van der Waals surface area contributed by atoms with Crippen molar-refractivity contribution in [2.24, 2.45) is 0 Å². The zero-order chi connectivity index (χ0) is 14.8. The summed E-state index contributed by atoms with van der Waals surface area (Å²) in [5.41, 5.74) is 0.558. The normalized spacial score (nSPS) is 19.6. The molecule has 6 heteroatoms. The number of amides is 1. The Balaban J connectivity index is 1.87. The Labute approximate surface area is 116 Å². The van der Waals surface area contributed by atoms with Gasteiger partial charge in [-0.15, -0.1) is 0 Å². The molecule has 2 rings (SSSR count). The number of nitrogens with one attached hydrogen (secondary N) is 2. The molecule has 1 aliphatic heterocycles. The van der Waals surface area contributed by atoms with Crippen LogP contribution in [-0.4, -0.2) is 40.3 Å². The van der Waals surface area contributed by atoms with Gasteiger partial charge < -0.3 is 20.8 Å². The minimum atomic E-state index is -1.45. The van der Waals surface area contributed by atoms with Crippen molar-refractivity contribution >= 4 is 17.6 Å². The number of carboxylic acid groups (broad SMARTS) is 1. The Bertz CT molecular complexity index is 503. The monoisotopic (exact) mass is 278 g/mol. The van der Waals surface area contributed by atoms with E-state index in [0.29, 0.717) is 6.42 Å². The average molecular weight is 278 g/mol. The molecule has 6 nitrogen and oxygen atoms in total. The molecule has 1 aliphatic rings. The highest BCUT2D eigenvalue weighted by atomic mass is 16.4. The number of rotatable bonds is 5. The molecule has 1 aromatic carbocycles. The summed E-state index contributed by atoms with van der Waals surface area (Å²) in [4.78, 5) is 22.6. The molecule has 1 aromatic rings. The van der Waals surface area contributed by atoms with Gasteiger partial charge in [0.25, 0.3) is 0 Å². The molecule has 0 saturated heterocycles. The van der Waals surface area contributed by atoms with Crippen molar-refractivity contribution in [1.29, 1.82) is 0 Å². The smallest absolute Gasteiger partial charge is 0.306 e. The fourth-order valence-corrected chi connectivity index (χ4v) is 2.25. The van der Waals surface area contributed by atoms with Gasteiger partial charge in [0, 0.05) is 18.7 Å². The van der Waals surface area contributed by atoms with E-state index in [9.17, 15) is 14.7 Å². The van der Waals surface area contributed by atoms with Crippen LogP contribution in [0, 0.1) is 0 Å². The third kappa shape index (κ3) is 3.48. The van der Waals surface area contributed by atoms with Gasteiger partial charge >= 0.3 is 5.97 Å². The lowest BCUT2D eigenvalue weighted by molar-refractivity contribution is -0.142. The van der Waals surface area contributed by atoms with Crippen LogP contribution < -0.4 is 10.6 Å². The van der Waals surface area contributed by atoms with Gasteiger partial charge in [0.2, 0.25) is 5.91 Å². The summed E-state index contributed by atoms with van der Waals surface area (Å²) < 4.78 is 0. The third-order valence-corrected chi connectivity index (χ3v) is 3.26. The quantitative estimate of drug-likeness (QED) is 0.623. The topological polar surface area (TPSA) is 98.7 Å². The number of carbonyl (C=O) groups excluding carboxylic acids is 1. The van der Waals surface area contributed by atoms with Gasteiger partial charge in [-0.3, -0.25) is 9.59 Å². The molecule has 0 aliphatic carbocycles. The van der Waals surface area contributed by atoms with E-state index in [2.05, 4.69) is 10.6 Å². The Kier molecular flexibility index (Phi) is 3.94. The number of hydrogen-bond donors (Lipinski definition) is 4. The summed E-state index contributed by atoms with van der Waals surface area (Å²) in [6.45, 7) is 1.30. The highest BCUT2D eigenvalue weighted by Gasteiger charge is 2.29. The van der Waals surface area contributed by atoms with Crippen LogP contribution in [0.15, 0.2) is 24.3 Å². The van der Waals surface area contributed by atoms with Crippen molar-refractivity contribution in [1.82, 2.24) is 5.32 Å². The number of benzene rings is 1. The Morgan fingerprint density at radius 2 is 2.15 bits per heavy atom. The number of hydrogen-bond acceptors (Lipinski definition) is 4. The van der Waals surface area contributed by atoms with Crippen LogP contribution in [0.25, 0.3) is 0 Å². The Hall–Kier alpha value is -2.08. The summed E-state index contributed by atoms with van der Waals surface area (Å²) in [6, 6.07) is 7.29. The summed E-state index contributed by atoms with van der Waals surface area (Å²) in [7, 11) is 0. The van der Waals surface area contributed by atoms with E-state index in [1.807, 2.05) is 24.3 Å². The molecule has 4 N–H and O–H groups in total. The van der Waals surface area contributed by atoms with Crippen LogP contribution in [-0.2, 0) is 16.0 Å². The molecule has 1 amide bonds. The Morgan fingerprint density at radius 1 is 1.45 bits per heavy atom. The van der Waals surface area contributed by atoms with E-state index in [0.717, 1.165) is 11.3 Å². The molecular weight excluding hydrogens is 260 g/mol. The van der Waals surface area contributed by atoms with E-state index in [-0.39, 0.29) is 18.5 Å². The van der Waals surface area contributed by atoms with Gasteiger partial charge in [-0.05, 0) is 18.6 Å². The third-order valence-electron chi connectivity index (χ3n) is 3.26. The van der Waals surface area contributed by atoms with Crippen LogP contribution >= 0.6 is 0 Å². The number of fused-ring (bicyclic) bond motifs is 1. The number of anilines is 1. The van der Waals surface area contributed by atoms with Gasteiger partial charge in [0.1, 0.15) is 6.04 Å². The van der Waals surface area contributed by atoms with Crippen molar-refractivity contribution in [3.05, 3.63) is 29.8 Å². The first kappa shape index (κ1) is 14.3. The number of aliphatic hydroxyl groups is 1. The average Bonchev–Trinajstić information content (AvgIpc) is 2.78. The number of carbonyl (C=O) groups is 2. The zero-order valence-corrected chi connectivity index (χ0v) is 11.2. The van der Waals surface area contributed by atoms with Gasteiger partial charge in [0.15, 0.2) is 0 Å². The van der Waals surface area contributed by atoms with E-state index >= 15 is 0 Å². The molecule has 0 radical (unpaired) electrons. The molecule has 1 heterocycles. The summed E-state index contributed by atoms with van der Waals surface area (Å²) >= 11 is 0. The van der Waals surface area contributed by atoms with E-state index < -0.39 is 18.0 Å². The molecule has 0 spiro atoms. The van der Waals surface area contributed by atoms with Gasteiger partial charge in [-0.2, -0.15) is 0 Å². The minimum absolute atomic E-state index is 0.0906. The van der Waals surface area contributed by atoms with Crippen molar-refractivity contribution in [3.63, 3.8) is 0 Å². The maximum Gasteiger partial charge on any atom is 0.306 e. The zero-order valence-electron chi connectivity index (χ0n) is 11.2.